The van der Waals surface area contributed by atoms with E-state index in [9.17, 15) is 13.2 Å². The predicted molar refractivity (Wildman–Crippen MR) is 82.0 cm³/mol. The zero-order chi connectivity index (χ0) is 16.4. The number of amides is 1. The molecule has 23 heavy (non-hydrogen) atoms. The molecule has 1 amide bonds. The molecule has 1 N–H and O–H groups in total. The number of rotatable bonds is 4. The highest BCUT2D eigenvalue weighted by molar-refractivity contribution is 7.88. The Labute approximate surface area is 134 Å². The fourth-order valence-electron chi connectivity index (χ4n) is 2.65. The van der Waals surface area contributed by atoms with Crippen LogP contribution in [0.15, 0.2) is 35.3 Å². The van der Waals surface area contributed by atoms with E-state index in [-0.39, 0.29) is 18.4 Å². The molecule has 1 unspecified atom stereocenters. The van der Waals surface area contributed by atoms with Crippen LogP contribution in [-0.2, 0) is 23.1 Å². The number of hydrogen-bond donors (Lipinski definition) is 1. The Morgan fingerprint density at radius 3 is 2.96 bits per heavy atom. The minimum atomic E-state index is -3.28. The molecule has 0 aromatic carbocycles. The lowest BCUT2D eigenvalue weighted by atomic mass is 10.1. The fourth-order valence-corrected chi connectivity index (χ4v) is 3.19. The van der Waals surface area contributed by atoms with Crippen molar-refractivity contribution in [3.05, 3.63) is 42.1 Å². The minimum absolute atomic E-state index is 0.0678. The maximum Gasteiger partial charge on any atom is 0.257 e. The highest BCUT2D eigenvalue weighted by atomic mass is 32.2. The Morgan fingerprint density at radius 1 is 1.43 bits per heavy atom. The Morgan fingerprint density at radius 2 is 2.26 bits per heavy atom. The summed E-state index contributed by atoms with van der Waals surface area (Å²) in [5.74, 6) is -0.209. The number of furan rings is 1. The minimum Gasteiger partial charge on any atom is -0.472 e. The van der Waals surface area contributed by atoms with Gasteiger partial charge in [-0.1, -0.05) is 0 Å². The van der Waals surface area contributed by atoms with Crippen LogP contribution in [0.1, 0.15) is 16.1 Å². The van der Waals surface area contributed by atoms with Crippen LogP contribution in [0.2, 0.25) is 0 Å². The van der Waals surface area contributed by atoms with E-state index >= 15 is 0 Å². The summed E-state index contributed by atoms with van der Waals surface area (Å²) >= 11 is 0. The number of carbonyl (C=O) groups is 1. The molecule has 2 aromatic heterocycles. The molecule has 1 aliphatic rings. The van der Waals surface area contributed by atoms with Crippen molar-refractivity contribution in [2.75, 3.05) is 19.3 Å². The van der Waals surface area contributed by atoms with Crippen molar-refractivity contribution in [3.63, 3.8) is 0 Å². The lowest BCUT2D eigenvalue weighted by Crippen LogP contribution is -2.38. The summed E-state index contributed by atoms with van der Waals surface area (Å²) in [6.07, 6.45) is 5.67. The number of aromatic nitrogens is 2. The first kappa shape index (κ1) is 15.8. The monoisotopic (exact) mass is 338 g/mol. The second-order valence-electron chi connectivity index (χ2n) is 5.69. The van der Waals surface area contributed by atoms with Gasteiger partial charge in [0.25, 0.3) is 5.91 Å². The predicted octanol–water partition coefficient (Wildman–Crippen LogP) is 0.297. The van der Waals surface area contributed by atoms with Gasteiger partial charge in [0, 0.05) is 31.7 Å². The van der Waals surface area contributed by atoms with Crippen molar-refractivity contribution in [1.29, 1.82) is 0 Å². The molecule has 0 saturated heterocycles. The summed E-state index contributed by atoms with van der Waals surface area (Å²) in [7, 11) is -3.28. The Bertz CT molecular complexity index is 782. The average Bonchev–Trinajstić information content (AvgIpc) is 3.12. The summed E-state index contributed by atoms with van der Waals surface area (Å²) in [6.45, 7) is 1.68. The maximum atomic E-state index is 12.6. The third kappa shape index (κ3) is 3.80. The van der Waals surface area contributed by atoms with E-state index in [2.05, 4.69) is 9.82 Å². The van der Waals surface area contributed by atoms with E-state index in [4.69, 9.17) is 4.42 Å². The molecule has 3 heterocycles. The zero-order valence-electron chi connectivity index (χ0n) is 12.7. The molecule has 0 spiro atoms. The third-order valence-corrected chi connectivity index (χ3v) is 4.45. The van der Waals surface area contributed by atoms with E-state index < -0.39 is 10.0 Å². The normalized spacial score (nSPS) is 18.5. The van der Waals surface area contributed by atoms with Crippen molar-refractivity contribution in [2.24, 2.45) is 5.92 Å². The third-order valence-electron chi connectivity index (χ3n) is 3.76. The van der Waals surface area contributed by atoms with Crippen molar-refractivity contribution in [1.82, 2.24) is 19.4 Å². The molecule has 0 bridgehead atoms. The first-order chi connectivity index (χ1) is 10.9. The standard InChI is InChI=1S/C14H18N4O4S/c1-23(20,21)16-6-11-7-17(14(19)12-3-5-22-10-12)9-13-2-4-15-18(13)8-11/h2-5,10-11,16H,6-9H2,1H3. The Hall–Kier alpha value is -2.13. The van der Waals surface area contributed by atoms with Crippen molar-refractivity contribution in [3.8, 4) is 0 Å². The van der Waals surface area contributed by atoms with Gasteiger partial charge in [-0.05, 0) is 12.1 Å². The fraction of sp³-hybridized carbons (Fsp3) is 0.429. The molecule has 124 valence electrons. The number of nitrogens with one attached hydrogen (secondary N) is 1. The number of nitrogens with zero attached hydrogens (tertiary/aromatic N) is 3. The van der Waals surface area contributed by atoms with Crippen LogP contribution >= 0.6 is 0 Å². The molecule has 0 saturated carbocycles. The second kappa shape index (κ2) is 6.17. The summed E-state index contributed by atoms with van der Waals surface area (Å²) < 4.78 is 32.0. The quantitative estimate of drug-likeness (QED) is 0.864. The molecule has 1 atom stereocenters. The maximum absolute atomic E-state index is 12.6. The van der Waals surface area contributed by atoms with Crippen LogP contribution in [0.5, 0.6) is 0 Å². The smallest absolute Gasteiger partial charge is 0.257 e. The van der Waals surface area contributed by atoms with Gasteiger partial charge in [0.15, 0.2) is 0 Å². The average molecular weight is 338 g/mol. The van der Waals surface area contributed by atoms with E-state index in [1.54, 1.807) is 17.2 Å². The van der Waals surface area contributed by atoms with Gasteiger partial charge in [-0.3, -0.25) is 9.48 Å². The van der Waals surface area contributed by atoms with E-state index in [1.807, 2.05) is 10.7 Å². The van der Waals surface area contributed by atoms with Crippen LogP contribution in [0.3, 0.4) is 0 Å². The molecular formula is C14H18N4O4S. The summed E-state index contributed by atoms with van der Waals surface area (Å²) in [5, 5.41) is 4.25. The highest BCUT2D eigenvalue weighted by Crippen LogP contribution is 2.18. The summed E-state index contributed by atoms with van der Waals surface area (Å²) in [5.41, 5.74) is 1.40. The number of sulfonamides is 1. The van der Waals surface area contributed by atoms with E-state index in [1.165, 1.54) is 12.5 Å². The van der Waals surface area contributed by atoms with Gasteiger partial charge < -0.3 is 9.32 Å². The molecule has 1 aliphatic heterocycles. The molecular weight excluding hydrogens is 320 g/mol. The van der Waals surface area contributed by atoms with Gasteiger partial charge in [0.05, 0.1) is 30.3 Å². The molecule has 0 aliphatic carbocycles. The van der Waals surface area contributed by atoms with Gasteiger partial charge in [-0.25, -0.2) is 13.1 Å². The van der Waals surface area contributed by atoms with Gasteiger partial charge >= 0.3 is 0 Å². The molecule has 0 radical (unpaired) electrons. The van der Waals surface area contributed by atoms with E-state index in [0.717, 1.165) is 11.9 Å². The van der Waals surface area contributed by atoms with Gasteiger partial charge in [0.1, 0.15) is 6.26 Å². The lowest BCUT2D eigenvalue weighted by Gasteiger charge is -2.23. The van der Waals surface area contributed by atoms with Gasteiger partial charge in [-0.15, -0.1) is 0 Å². The number of fused-ring (bicyclic) bond motifs is 1. The van der Waals surface area contributed by atoms with E-state index in [0.29, 0.717) is 25.2 Å². The van der Waals surface area contributed by atoms with Crippen molar-refractivity contribution < 1.29 is 17.6 Å². The summed E-state index contributed by atoms with van der Waals surface area (Å²) in [4.78, 5) is 14.3. The summed E-state index contributed by atoms with van der Waals surface area (Å²) in [6, 6.07) is 3.48. The first-order valence-electron chi connectivity index (χ1n) is 7.19. The van der Waals surface area contributed by atoms with Crippen LogP contribution < -0.4 is 4.72 Å². The van der Waals surface area contributed by atoms with Crippen LogP contribution in [0.25, 0.3) is 0 Å². The molecule has 8 nitrogen and oxygen atoms in total. The Kier molecular flexibility index (Phi) is 4.22. The van der Waals surface area contributed by atoms with Gasteiger partial charge in [-0.2, -0.15) is 5.10 Å². The molecule has 3 rings (SSSR count). The van der Waals surface area contributed by atoms with Crippen molar-refractivity contribution >= 4 is 15.9 Å². The second-order valence-corrected chi connectivity index (χ2v) is 7.52. The lowest BCUT2D eigenvalue weighted by molar-refractivity contribution is 0.0721. The molecule has 2 aromatic rings. The largest absolute Gasteiger partial charge is 0.472 e. The van der Waals surface area contributed by atoms with Gasteiger partial charge in [0.2, 0.25) is 10.0 Å². The van der Waals surface area contributed by atoms with Crippen LogP contribution in [-0.4, -0.2) is 48.4 Å². The molecule has 9 heteroatoms. The highest BCUT2D eigenvalue weighted by Gasteiger charge is 2.27. The van der Waals surface area contributed by atoms with Crippen LogP contribution in [0, 0.1) is 5.92 Å². The van der Waals surface area contributed by atoms with Crippen LogP contribution in [0.4, 0.5) is 0 Å². The number of carbonyl (C=O) groups excluding carboxylic acids is 1. The zero-order valence-corrected chi connectivity index (χ0v) is 13.5. The molecule has 0 fully saturated rings. The number of hydrogen-bond acceptors (Lipinski definition) is 5. The Balaban J connectivity index is 1.81. The first-order valence-corrected chi connectivity index (χ1v) is 9.08. The topological polar surface area (TPSA) is 97.4 Å². The SMILES string of the molecule is CS(=O)(=O)NCC1CN(C(=O)c2ccoc2)Cc2ccnn2C1. The van der Waals surface area contributed by atoms with Crippen molar-refractivity contribution in [2.45, 2.75) is 13.1 Å².